The van der Waals surface area contributed by atoms with Crippen molar-refractivity contribution in [1.82, 2.24) is 0 Å². The highest BCUT2D eigenvalue weighted by molar-refractivity contribution is 7.99. The highest BCUT2D eigenvalue weighted by Gasteiger charge is 2.53. The molecule has 15 atom stereocenters. The van der Waals surface area contributed by atoms with Crippen molar-refractivity contribution < 1.29 is 74.7 Å². The molecule has 16 heteroatoms. The highest BCUT2D eigenvalue weighted by Crippen LogP contribution is 2.36. The van der Waals surface area contributed by atoms with Gasteiger partial charge in [-0.1, -0.05) is 30.0 Å². The maximum atomic E-state index is 10.8. The summed E-state index contributed by atoms with van der Waals surface area (Å²) in [6.45, 7) is -2.17. The van der Waals surface area contributed by atoms with Gasteiger partial charge >= 0.3 is 0 Å². The molecule has 0 radical (unpaired) electrons. The zero-order chi connectivity index (χ0) is 29.1. The average Bonchev–Trinajstić information content (AvgIpc) is 2.96. The van der Waals surface area contributed by atoms with Gasteiger partial charge in [-0.05, 0) is 12.1 Å². The Morgan fingerprint density at radius 1 is 0.550 bits per heavy atom. The fourth-order valence-electron chi connectivity index (χ4n) is 4.77. The minimum Gasteiger partial charge on any atom is -0.394 e. The molecule has 3 fully saturated rings. The first kappa shape index (κ1) is 31.9. The SMILES string of the molecule is OC[C@H]1O[C@@H](O[C@H]2[C@H](O)[C@@H](O)[C@H](O[C@H]3[C@H](O)[C@@H](O)[C@@H](Sc4ccccc4)O[C@@H]3CO)O[C@@H]2CO)[C@H](O)[C@@H](O)[C@H]1O. The minimum atomic E-state index is -1.88. The Morgan fingerprint density at radius 3 is 1.57 bits per heavy atom. The van der Waals surface area contributed by atoms with Crippen molar-refractivity contribution in [3.63, 3.8) is 0 Å². The van der Waals surface area contributed by atoms with E-state index in [1.165, 1.54) is 0 Å². The number of hydrogen-bond acceptors (Lipinski definition) is 16. The number of aliphatic hydroxyl groups excluding tert-OH is 10. The fourth-order valence-corrected chi connectivity index (χ4v) is 5.86. The lowest BCUT2D eigenvalue weighted by atomic mass is 9.96. The lowest BCUT2D eigenvalue weighted by molar-refractivity contribution is -0.371. The van der Waals surface area contributed by atoms with E-state index >= 15 is 0 Å². The van der Waals surface area contributed by atoms with E-state index < -0.39 is 111 Å². The van der Waals surface area contributed by atoms with Gasteiger partial charge in [0, 0.05) is 4.90 Å². The molecule has 0 unspecified atom stereocenters. The summed E-state index contributed by atoms with van der Waals surface area (Å²) in [6, 6.07) is 8.91. The van der Waals surface area contributed by atoms with Crippen LogP contribution in [0, 0.1) is 0 Å². The van der Waals surface area contributed by atoms with Crippen LogP contribution in [0.5, 0.6) is 0 Å². The van der Waals surface area contributed by atoms with Crippen LogP contribution in [0.1, 0.15) is 0 Å². The smallest absolute Gasteiger partial charge is 0.187 e. The number of ether oxygens (including phenoxy) is 5. The second kappa shape index (κ2) is 14.0. The highest BCUT2D eigenvalue weighted by atomic mass is 32.2. The van der Waals surface area contributed by atoms with Gasteiger partial charge < -0.3 is 74.7 Å². The first-order chi connectivity index (χ1) is 19.1. The van der Waals surface area contributed by atoms with Gasteiger partial charge in [-0.2, -0.15) is 0 Å². The van der Waals surface area contributed by atoms with Gasteiger partial charge in [0.1, 0.15) is 78.7 Å². The van der Waals surface area contributed by atoms with Crippen molar-refractivity contribution in [1.29, 1.82) is 0 Å². The molecule has 40 heavy (non-hydrogen) atoms. The minimum absolute atomic E-state index is 0.641. The Morgan fingerprint density at radius 2 is 1.02 bits per heavy atom. The third-order valence-corrected chi connectivity index (χ3v) is 8.23. The molecule has 0 saturated carbocycles. The van der Waals surface area contributed by atoms with E-state index in [1.807, 2.05) is 0 Å². The molecule has 3 aliphatic rings. The van der Waals surface area contributed by atoms with Crippen molar-refractivity contribution in [2.75, 3.05) is 19.8 Å². The van der Waals surface area contributed by atoms with E-state index in [0.29, 0.717) is 0 Å². The van der Waals surface area contributed by atoms with Crippen molar-refractivity contribution in [3.05, 3.63) is 30.3 Å². The number of hydrogen-bond donors (Lipinski definition) is 10. The van der Waals surface area contributed by atoms with Crippen LogP contribution >= 0.6 is 11.8 Å². The zero-order valence-electron chi connectivity index (χ0n) is 21.1. The summed E-state index contributed by atoms with van der Waals surface area (Å²) in [5.74, 6) is 0. The summed E-state index contributed by atoms with van der Waals surface area (Å²) >= 11 is 1.12. The van der Waals surface area contributed by atoms with E-state index in [1.54, 1.807) is 30.3 Å². The fraction of sp³-hybridized carbons (Fsp3) is 0.750. The second-order valence-electron chi connectivity index (χ2n) is 9.74. The third kappa shape index (κ3) is 6.63. The summed E-state index contributed by atoms with van der Waals surface area (Å²) in [5.41, 5.74) is -0.973. The summed E-state index contributed by atoms with van der Waals surface area (Å²) in [7, 11) is 0. The first-order valence-electron chi connectivity index (χ1n) is 12.7. The standard InChI is InChI=1S/C24H36O15S/c25-6-10-13(28)14(29)17(32)22(35-10)38-20-11(7-26)36-23(18(33)15(20)30)39-21-12(8-27)37-24(19(34)16(21)31)40-9-4-2-1-3-5-9/h1-5,10-34H,6-8H2/t10-,11-,12-,13+,14+,15-,16-,17-,18-,19-,20-,21-,22+,23+,24-/m1/s1. The monoisotopic (exact) mass is 596 g/mol. The van der Waals surface area contributed by atoms with E-state index in [0.717, 1.165) is 16.7 Å². The third-order valence-electron chi connectivity index (χ3n) is 7.07. The number of benzene rings is 1. The Labute approximate surface area is 233 Å². The van der Waals surface area contributed by atoms with Crippen molar-refractivity contribution in [3.8, 4) is 0 Å². The van der Waals surface area contributed by atoms with Crippen LogP contribution in [0.3, 0.4) is 0 Å². The topological polar surface area (TPSA) is 248 Å². The quantitative estimate of drug-likeness (QED) is 0.128. The zero-order valence-corrected chi connectivity index (χ0v) is 21.9. The lowest BCUT2D eigenvalue weighted by Gasteiger charge is -2.48. The van der Waals surface area contributed by atoms with Crippen LogP contribution in [0.4, 0.5) is 0 Å². The molecule has 3 heterocycles. The average molecular weight is 597 g/mol. The lowest BCUT2D eigenvalue weighted by Crippen LogP contribution is -2.66. The molecule has 1 aromatic carbocycles. The van der Waals surface area contributed by atoms with Gasteiger partial charge in [-0.15, -0.1) is 0 Å². The van der Waals surface area contributed by atoms with Gasteiger partial charge in [0.05, 0.1) is 19.8 Å². The van der Waals surface area contributed by atoms with Crippen LogP contribution in [0.15, 0.2) is 35.2 Å². The number of thioether (sulfide) groups is 1. The van der Waals surface area contributed by atoms with Gasteiger partial charge in [-0.3, -0.25) is 0 Å². The molecule has 0 spiro atoms. The van der Waals surface area contributed by atoms with Gasteiger partial charge in [0.2, 0.25) is 0 Å². The predicted molar refractivity (Wildman–Crippen MR) is 131 cm³/mol. The molecule has 1 aromatic rings. The van der Waals surface area contributed by atoms with E-state index in [4.69, 9.17) is 23.7 Å². The van der Waals surface area contributed by atoms with Crippen molar-refractivity contribution >= 4 is 11.8 Å². The molecule has 228 valence electrons. The Hall–Kier alpha value is -1.03. The summed E-state index contributed by atoms with van der Waals surface area (Å²) in [6.07, 6.45) is -22.4. The molecule has 0 amide bonds. The molecule has 0 aromatic heterocycles. The van der Waals surface area contributed by atoms with E-state index in [-0.39, 0.29) is 0 Å². The summed E-state index contributed by atoms with van der Waals surface area (Å²) in [4.78, 5) is 0.736. The van der Waals surface area contributed by atoms with E-state index in [2.05, 4.69) is 0 Å². The Kier molecular flexibility index (Phi) is 11.1. The molecule has 10 N–H and O–H groups in total. The predicted octanol–water partition coefficient (Wildman–Crippen LogP) is -4.77. The maximum absolute atomic E-state index is 10.8. The number of aliphatic hydroxyl groups is 10. The van der Waals surface area contributed by atoms with Crippen molar-refractivity contribution in [2.24, 2.45) is 0 Å². The largest absolute Gasteiger partial charge is 0.394 e. The summed E-state index contributed by atoms with van der Waals surface area (Å²) in [5, 5.41) is 102. The Bertz CT molecular complexity index is 910. The van der Waals surface area contributed by atoms with Crippen LogP contribution in [-0.4, -0.2) is 162 Å². The van der Waals surface area contributed by atoms with Crippen LogP contribution in [0.25, 0.3) is 0 Å². The van der Waals surface area contributed by atoms with E-state index in [9.17, 15) is 51.1 Å². The van der Waals surface area contributed by atoms with Gasteiger partial charge in [0.25, 0.3) is 0 Å². The molecular weight excluding hydrogens is 560 g/mol. The normalized spacial score (nSPS) is 46.3. The summed E-state index contributed by atoms with van der Waals surface area (Å²) < 4.78 is 27.8. The Balaban J connectivity index is 1.43. The molecule has 4 rings (SSSR count). The van der Waals surface area contributed by atoms with Crippen LogP contribution in [0.2, 0.25) is 0 Å². The molecular formula is C24H36O15S. The molecule has 0 aliphatic carbocycles. The van der Waals surface area contributed by atoms with Gasteiger partial charge in [0.15, 0.2) is 12.6 Å². The first-order valence-corrected chi connectivity index (χ1v) is 13.6. The number of rotatable bonds is 9. The van der Waals surface area contributed by atoms with Crippen LogP contribution in [-0.2, 0) is 23.7 Å². The van der Waals surface area contributed by atoms with Crippen LogP contribution < -0.4 is 0 Å². The molecule has 3 saturated heterocycles. The maximum Gasteiger partial charge on any atom is 0.187 e. The van der Waals surface area contributed by atoms with Crippen molar-refractivity contribution in [2.45, 2.75) is 96.2 Å². The second-order valence-corrected chi connectivity index (χ2v) is 10.9. The molecule has 3 aliphatic heterocycles. The molecule has 0 bridgehead atoms. The molecule has 15 nitrogen and oxygen atoms in total. The van der Waals surface area contributed by atoms with Gasteiger partial charge in [-0.25, -0.2) is 0 Å².